The molecule has 1 saturated heterocycles. The van der Waals surface area contributed by atoms with E-state index in [9.17, 15) is 4.79 Å². The van der Waals surface area contributed by atoms with Crippen LogP contribution < -0.4 is 10.6 Å². The Kier molecular flexibility index (Phi) is 3.31. The number of carbonyl (C=O) groups is 1. The second-order valence-corrected chi connectivity index (χ2v) is 4.79. The average molecular weight is 281 g/mol. The molecule has 2 aromatic rings. The third-order valence-corrected chi connectivity index (χ3v) is 3.38. The Morgan fingerprint density at radius 2 is 2.32 bits per heavy atom. The Morgan fingerprint density at radius 1 is 1.42 bits per heavy atom. The second kappa shape index (κ2) is 5.10. The second-order valence-electron chi connectivity index (χ2n) is 4.43. The summed E-state index contributed by atoms with van der Waals surface area (Å²) in [6.07, 6.45) is 4.46. The smallest absolute Gasteiger partial charge is 0.243 e. The monoisotopic (exact) mass is 280 g/mol. The maximum atomic E-state index is 12.0. The van der Waals surface area contributed by atoms with Crippen LogP contribution in [0.2, 0.25) is 5.15 Å². The molecule has 3 N–H and O–H groups in total. The van der Waals surface area contributed by atoms with Crippen LogP contribution in [-0.2, 0) is 4.79 Å². The van der Waals surface area contributed by atoms with Gasteiger partial charge in [0.2, 0.25) is 11.9 Å². The summed E-state index contributed by atoms with van der Waals surface area (Å²) >= 11 is 5.98. The van der Waals surface area contributed by atoms with Crippen molar-refractivity contribution in [1.29, 1.82) is 0 Å². The van der Waals surface area contributed by atoms with E-state index in [1.807, 2.05) is 0 Å². The summed E-state index contributed by atoms with van der Waals surface area (Å²) in [7, 11) is 0. The molecule has 0 spiro atoms. The number of nitrogens with zero attached hydrogens (tertiary/aromatic N) is 3. The van der Waals surface area contributed by atoms with Crippen molar-refractivity contribution in [3.8, 4) is 0 Å². The van der Waals surface area contributed by atoms with Gasteiger partial charge >= 0.3 is 0 Å². The van der Waals surface area contributed by atoms with Crippen LogP contribution >= 0.6 is 11.6 Å². The van der Waals surface area contributed by atoms with Gasteiger partial charge in [0.05, 0.1) is 12.4 Å². The van der Waals surface area contributed by atoms with E-state index >= 15 is 0 Å². The predicted octanol–water partition coefficient (Wildman–Crippen LogP) is 1.09. The third kappa shape index (κ3) is 2.52. The molecule has 19 heavy (non-hydrogen) atoms. The average Bonchev–Trinajstić information content (AvgIpc) is 2.88. The van der Waals surface area contributed by atoms with Crippen molar-refractivity contribution in [2.75, 3.05) is 11.9 Å². The zero-order valence-corrected chi connectivity index (χ0v) is 10.9. The summed E-state index contributed by atoms with van der Waals surface area (Å²) < 4.78 is 0. The van der Waals surface area contributed by atoms with Gasteiger partial charge in [-0.05, 0) is 19.4 Å². The van der Waals surface area contributed by atoms with Gasteiger partial charge < -0.3 is 10.3 Å². The number of aromatic nitrogens is 4. The summed E-state index contributed by atoms with van der Waals surface area (Å²) in [5.74, 6) is 0.0487. The molecule has 1 amide bonds. The van der Waals surface area contributed by atoms with Crippen LogP contribution in [-0.4, -0.2) is 38.4 Å². The largest absolute Gasteiger partial charge is 0.341 e. The first-order chi connectivity index (χ1) is 9.24. The Hall–Kier alpha value is -1.73. The first kappa shape index (κ1) is 12.3. The van der Waals surface area contributed by atoms with Crippen molar-refractivity contribution in [1.82, 2.24) is 25.3 Å². The Labute approximate surface area is 114 Å². The van der Waals surface area contributed by atoms with Crippen molar-refractivity contribution in [3.05, 3.63) is 11.5 Å². The summed E-state index contributed by atoms with van der Waals surface area (Å²) in [6, 6.07) is -0.189. The lowest BCUT2D eigenvalue weighted by molar-refractivity contribution is -0.118. The molecule has 0 radical (unpaired) electrons. The molecule has 7 nitrogen and oxygen atoms in total. The maximum Gasteiger partial charge on any atom is 0.243 e. The van der Waals surface area contributed by atoms with Gasteiger partial charge in [0, 0.05) is 0 Å². The number of halogens is 1. The molecule has 0 bridgehead atoms. The lowest BCUT2D eigenvalue weighted by Crippen LogP contribution is -2.43. The van der Waals surface area contributed by atoms with Gasteiger partial charge in [0.1, 0.15) is 5.52 Å². The summed E-state index contributed by atoms with van der Waals surface area (Å²) in [4.78, 5) is 27.0. The van der Waals surface area contributed by atoms with Crippen LogP contribution in [0.3, 0.4) is 0 Å². The fraction of sp³-hybridized carbons (Fsp3) is 0.455. The molecule has 1 aliphatic heterocycles. The highest BCUT2D eigenvalue weighted by Crippen LogP contribution is 2.18. The number of hydrogen-bond acceptors (Lipinski definition) is 5. The van der Waals surface area contributed by atoms with E-state index < -0.39 is 0 Å². The summed E-state index contributed by atoms with van der Waals surface area (Å²) in [5.41, 5.74) is 1.00. The molecule has 1 fully saturated rings. The summed E-state index contributed by atoms with van der Waals surface area (Å²) in [5, 5.41) is 6.08. The van der Waals surface area contributed by atoms with Crippen LogP contribution in [0.15, 0.2) is 6.33 Å². The number of rotatable bonds is 2. The number of nitrogens with one attached hydrogen (secondary N) is 3. The van der Waals surface area contributed by atoms with E-state index in [0.29, 0.717) is 11.2 Å². The molecule has 1 aliphatic rings. The molecule has 3 heterocycles. The molecule has 3 rings (SSSR count). The van der Waals surface area contributed by atoms with Crippen molar-refractivity contribution >= 4 is 34.6 Å². The Bertz CT molecular complexity index is 606. The fourth-order valence-corrected chi connectivity index (χ4v) is 2.35. The molecule has 2 aromatic heterocycles. The van der Waals surface area contributed by atoms with Crippen molar-refractivity contribution < 1.29 is 4.79 Å². The zero-order valence-electron chi connectivity index (χ0n) is 10.1. The number of imidazole rings is 1. The summed E-state index contributed by atoms with van der Waals surface area (Å²) in [6.45, 7) is 0.859. The van der Waals surface area contributed by atoms with Crippen LogP contribution in [0.4, 0.5) is 5.95 Å². The third-order valence-electron chi connectivity index (χ3n) is 3.10. The van der Waals surface area contributed by atoms with E-state index in [1.165, 1.54) is 6.33 Å². The minimum Gasteiger partial charge on any atom is -0.341 e. The Morgan fingerprint density at radius 3 is 3.11 bits per heavy atom. The number of aromatic amines is 1. The lowest BCUT2D eigenvalue weighted by atomic mass is 10.0. The van der Waals surface area contributed by atoms with Crippen LogP contribution in [0.1, 0.15) is 19.3 Å². The van der Waals surface area contributed by atoms with Gasteiger partial charge in [0.25, 0.3) is 0 Å². The highest BCUT2D eigenvalue weighted by molar-refractivity contribution is 6.33. The highest BCUT2D eigenvalue weighted by atomic mass is 35.5. The minimum atomic E-state index is -0.189. The van der Waals surface area contributed by atoms with E-state index in [1.54, 1.807) is 0 Å². The van der Waals surface area contributed by atoms with E-state index in [0.717, 1.165) is 25.8 Å². The molecule has 0 aliphatic carbocycles. The fourth-order valence-electron chi connectivity index (χ4n) is 2.13. The first-order valence-corrected chi connectivity index (χ1v) is 6.53. The maximum absolute atomic E-state index is 12.0. The number of carbonyl (C=O) groups excluding carboxylic acids is 1. The molecular formula is C11H13ClN6O. The minimum absolute atomic E-state index is 0.134. The normalized spacial score (nSPS) is 19.5. The predicted molar refractivity (Wildman–Crippen MR) is 71.0 cm³/mol. The van der Waals surface area contributed by atoms with Gasteiger partial charge in [0.15, 0.2) is 10.8 Å². The van der Waals surface area contributed by atoms with Crippen molar-refractivity contribution in [2.45, 2.75) is 25.3 Å². The van der Waals surface area contributed by atoms with Gasteiger partial charge in [-0.1, -0.05) is 18.0 Å². The Balaban J connectivity index is 1.78. The number of anilines is 1. The quantitative estimate of drug-likeness (QED) is 0.716. The lowest BCUT2D eigenvalue weighted by Gasteiger charge is -2.21. The SMILES string of the molecule is O=C(Nc1nc(Cl)c2[nH]cnc2n1)[C@@H]1CCCCN1. The van der Waals surface area contributed by atoms with Gasteiger partial charge in [-0.25, -0.2) is 4.98 Å². The van der Waals surface area contributed by atoms with E-state index in [-0.39, 0.29) is 23.1 Å². The number of H-pyrrole nitrogens is 1. The number of fused-ring (bicyclic) bond motifs is 1. The van der Waals surface area contributed by atoms with Crippen LogP contribution in [0.5, 0.6) is 0 Å². The number of piperidine rings is 1. The number of hydrogen-bond donors (Lipinski definition) is 3. The molecular weight excluding hydrogens is 268 g/mol. The highest BCUT2D eigenvalue weighted by Gasteiger charge is 2.21. The van der Waals surface area contributed by atoms with Crippen LogP contribution in [0, 0.1) is 0 Å². The van der Waals surface area contributed by atoms with Crippen LogP contribution in [0.25, 0.3) is 11.2 Å². The van der Waals surface area contributed by atoms with E-state index in [4.69, 9.17) is 11.6 Å². The number of amides is 1. The van der Waals surface area contributed by atoms with E-state index in [2.05, 4.69) is 30.6 Å². The van der Waals surface area contributed by atoms with Gasteiger partial charge in [-0.3, -0.25) is 10.1 Å². The van der Waals surface area contributed by atoms with Gasteiger partial charge in [-0.2, -0.15) is 9.97 Å². The molecule has 0 aromatic carbocycles. The first-order valence-electron chi connectivity index (χ1n) is 6.15. The topological polar surface area (TPSA) is 95.6 Å². The molecule has 100 valence electrons. The molecule has 0 saturated carbocycles. The van der Waals surface area contributed by atoms with Crippen molar-refractivity contribution in [2.24, 2.45) is 0 Å². The van der Waals surface area contributed by atoms with Gasteiger partial charge in [-0.15, -0.1) is 0 Å². The zero-order chi connectivity index (χ0) is 13.2. The van der Waals surface area contributed by atoms with Crippen molar-refractivity contribution in [3.63, 3.8) is 0 Å². The molecule has 8 heteroatoms. The standard InChI is InChI=1S/C11H13ClN6O/c12-8-7-9(15-5-14-7)17-11(16-8)18-10(19)6-3-1-2-4-13-6/h5-6,13H,1-4H2,(H2,14,15,16,17,18,19)/t6-/m0/s1. The molecule has 0 unspecified atom stereocenters. The molecule has 1 atom stereocenters.